The molecule has 0 unspecified atom stereocenters. The number of nitro groups is 1. The lowest BCUT2D eigenvalue weighted by molar-refractivity contribution is -0.402. The summed E-state index contributed by atoms with van der Waals surface area (Å²) in [5.74, 6) is -0.220. The van der Waals surface area contributed by atoms with Crippen LogP contribution in [-0.4, -0.2) is 19.6 Å². The normalized spacial score (nSPS) is 11.6. The quantitative estimate of drug-likeness (QED) is 0.390. The highest BCUT2D eigenvalue weighted by molar-refractivity contribution is 7.92. The number of hydrogen-bond donors (Lipinski definition) is 1. The van der Waals surface area contributed by atoms with Crippen LogP contribution >= 0.6 is 0 Å². The molecule has 3 rings (SSSR count). The standard InChI is InChI=1S/C18H15N3O5S/c1-13-6-9-15(10-7-13)27(24,25)20-17-5-3-2-4-16(17)19-12-14-8-11-18(26-14)21(22)23/h2-12,20H,1H3. The second-order valence-electron chi connectivity index (χ2n) is 5.63. The Morgan fingerprint density at radius 3 is 2.44 bits per heavy atom. The van der Waals surface area contributed by atoms with Gasteiger partial charge in [-0.2, -0.15) is 0 Å². The minimum absolute atomic E-state index is 0.133. The third kappa shape index (κ3) is 4.39. The lowest BCUT2D eigenvalue weighted by Gasteiger charge is -2.10. The van der Waals surface area contributed by atoms with E-state index in [0.717, 1.165) is 5.56 Å². The minimum atomic E-state index is -3.78. The molecule has 1 N–H and O–H groups in total. The summed E-state index contributed by atoms with van der Waals surface area (Å²) in [5, 5.41) is 10.6. The van der Waals surface area contributed by atoms with Crippen molar-refractivity contribution in [2.24, 2.45) is 4.99 Å². The molecule has 1 aromatic heterocycles. The number of aliphatic imine (C=N–C) groups is 1. The van der Waals surface area contributed by atoms with E-state index in [9.17, 15) is 18.5 Å². The zero-order valence-electron chi connectivity index (χ0n) is 14.2. The lowest BCUT2D eigenvalue weighted by atomic mass is 10.2. The molecule has 0 saturated carbocycles. The second kappa shape index (κ2) is 7.42. The van der Waals surface area contributed by atoms with E-state index >= 15 is 0 Å². The number of nitrogens with zero attached hydrogens (tertiary/aromatic N) is 2. The molecular weight excluding hydrogens is 370 g/mol. The van der Waals surface area contributed by atoms with E-state index in [-0.39, 0.29) is 16.3 Å². The van der Waals surface area contributed by atoms with Gasteiger partial charge in [-0.1, -0.05) is 29.8 Å². The maximum absolute atomic E-state index is 12.6. The van der Waals surface area contributed by atoms with Crippen molar-refractivity contribution in [2.75, 3.05) is 4.72 Å². The van der Waals surface area contributed by atoms with Crippen LogP contribution in [0, 0.1) is 17.0 Å². The fraction of sp³-hybridized carbons (Fsp3) is 0.0556. The lowest BCUT2D eigenvalue weighted by Crippen LogP contribution is -2.13. The molecule has 0 amide bonds. The van der Waals surface area contributed by atoms with Gasteiger partial charge in [0, 0.05) is 0 Å². The molecule has 9 heteroatoms. The van der Waals surface area contributed by atoms with Crippen molar-refractivity contribution in [1.82, 2.24) is 0 Å². The highest BCUT2D eigenvalue weighted by Gasteiger charge is 2.16. The van der Waals surface area contributed by atoms with E-state index in [0.29, 0.717) is 5.69 Å². The fourth-order valence-electron chi connectivity index (χ4n) is 2.24. The molecule has 0 aliphatic heterocycles. The summed E-state index contributed by atoms with van der Waals surface area (Å²) in [6, 6.07) is 15.6. The van der Waals surface area contributed by atoms with Crippen molar-refractivity contribution in [2.45, 2.75) is 11.8 Å². The molecule has 1 heterocycles. The predicted molar refractivity (Wildman–Crippen MR) is 101 cm³/mol. The van der Waals surface area contributed by atoms with Crippen LogP contribution in [0.2, 0.25) is 0 Å². The molecular formula is C18H15N3O5S. The first-order chi connectivity index (χ1) is 12.8. The van der Waals surface area contributed by atoms with Crippen molar-refractivity contribution in [3.05, 3.63) is 82.1 Å². The Morgan fingerprint density at radius 1 is 1.07 bits per heavy atom. The highest BCUT2D eigenvalue weighted by atomic mass is 32.2. The first-order valence-corrected chi connectivity index (χ1v) is 9.30. The van der Waals surface area contributed by atoms with E-state index in [1.165, 1.54) is 30.5 Å². The van der Waals surface area contributed by atoms with Crippen LogP contribution in [0.25, 0.3) is 0 Å². The van der Waals surface area contributed by atoms with E-state index in [4.69, 9.17) is 4.42 Å². The smallest absolute Gasteiger partial charge is 0.400 e. The summed E-state index contributed by atoms with van der Waals surface area (Å²) in [5.41, 5.74) is 1.56. The van der Waals surface area contributed by atoms with Crippen molar-refractivity contribution >= 4 is 33.5 Å². The van der Waals surface area contributed by atoms with Crippen molar-refractivity contribution in [3.63, 3.8) is 0 Å². The van der Waals surface area contributed by atoms with Crippen LogP contribution in [0.5, 0.6) is 0 Å². The minimum Gasteiger partial charge on any atom is -0.400 e. The van der Waals surface area contributed by atoms with Crippen molar-refractivity contribution in [1.29, 1.82) is 0 Å². The van der Waals surface area contributed by atoms with Gasteiger partial charge in [-0.05, 0) is 37.3 Å². The number of sulfonamides is 1. The number of furan rings is 1. The van der Waals surface area contributed by atoms with Crippen LogP contribution in [0.3, 0.4) is 0 Å². The third-order valence-corrected chi connectivity index (χ3v) is 4.98. The van der Waals surface area contributed by atoms with Crippen LogP contribution in [0.1, 0.15) is 11.3 Å². The summed E-state index contributed by atoms with van der Waals surface area (Å²) in [7, 11) is -3.78. The molecule has 2 aromatic carbocycles. The molecule has 8 nitrogen and oxygen atoms in total. The fourth-order valence-corrected chi connectivity index (χ4v) is 3.31. The summed E-state index contributed by atoms with van der Waals surface area (Å²) in [4.78, 5) is 14.3. The monoisotopic (exact) mass is 385 g/mol. The van der Waals surface area contributed by atoms with Gasteiger partial charge in [0.2, 0.25) is 0 Å². The molecule has 0 atom stereocenters. The van der Waals surface area contributed by atoms with Crippen molar-refractivity contribution in [3.8, 4) is 0 Å². The van der Waals surface area contributed by atoms with Gasteiger partial charge in [0.05, 0.1) is 28.6 Å². The summed E-state index contributed by atoms with van der Waals surface area (Å²) in [6.45, 7) is 1.87. The Bertz CT molecular complexity index is 1100. The molecule has 0 radical (unpaired) electrons. The average Bonchev–Trinajstić information content (AvgIpc) is 3.10. The van der Waals surface area contributed by atoms with Crippen LogP contribution < -0.4 is 4.72 Å². The van der Waals surface area contributed by atoms with E-state index in [1.54, 1.807) is 36.4 Å². The van der Waals surface area contributed by atoms with Gasteiger partial charge in [-0.25, -0.2) is 8.42 Å². The Kier molecular flexibility index (Phi) is 5.04. The summed E-state index contributed by atoms with van der Waals surface area (Å²) >= 11 is 0. The zero-order valence-corrected chi connectivity index (χ0v) is 15.0. The topological polar surface area (TPSA) is 115 Å². The van der Waals surface area contributed by atoms with Crippen LogP contribution in [-0.2, 0) is 10.0 Å². The van der Waals surface area contributed by atoms with E-state index in [2.05, 4.69) is 9.71 Å². The van der Waals surface area contributed by atoms with Gasteiger partial charge < -0.3 is 4.42 Å². The number of para-hydroxylation sites is 2. The van der Waals surface area contributed by atoms with Crippen LogP contribution in [0.4, 0.5) is 17.3 Å². The first-order valence-electron chi connectivity index (χ1n) is 7.82. The number of benzene rings is 2. The van der Waals surface area contributed by atoms with Gasteiger partial charge >= 0.3 is 5.88 Å². The van der Waals surface area contributed by atoms with E-state index < -0.39 is 20.8 Å². The number of anilines is 1. The molecule has 0 aliphatic carbocycles. The molecule has 27 heavy (non-hydrogen) atoms. The van der Waals surface area contributed by atoms with Crippen molar-refractivity contribution < 1.29 is 17.8 Å². The van der Waals surface area contributed by atoms with Gasteiger partial charge in [0.25, 0.3) is 10.0 Å². The summed E-state index contributed by atoms with van der Waals surface area (Å²) < 4.78 is 32.6. The third-order valence-electron chi connectivity index (χ3n) is 3.60. The Labute approximate surface area is 155 Å². The maximum atomic E-state index is 12.6. The molecule has 3 aromatic rings. The number of nitrogens with one attached hydrogen (secondary N) is 1. The number of hydrogen-bond acceptors (Lipinski definition) is 6. The predicted octanol–water partition coefficient (Wildman–Crippen LogP) is 4.05. The molecule has 0 fully saturated rings. The van der Waals surface area contributed by atoms with Gasteiger partial charge in [0.15, 0.2) is 5.76 Å². The van der Waals surface area contributed by atoms with Crippen LogP contribution in [0.15, 0.2) is 75.0 Å². The Hall–Kier alpha value is -3.46. The SMILES string of the molecule is Cc1ccc(S(=O)(=O)Nc2ccccc2N=Cc2ccc([N+](=O)[O-])o2)cc1. The second-order valence-corrected chi connectivity index (χ2v) is 7.31. The van der Waals surface area contributed by atoms with Gasteiger partial charge in [-0.3, -0.25) is 19.8 Å². The first kappa shape index (κ1) is 18.3. The molecule has 0 saturated heterocycles. The average molecular weight is 385 g/mol. The largest absolute Gasteiger partial charge is 0.433 e. The summed E-state index contributed by atoms with van der Waals surface area (Å²) in [6.07, 6.45) is 1.28. The van der Waals surface area contributed by atoms with E-state index in [1.807, 2.05) is 6.92 Å². The molecule has 0 bridgehead atoms. The number of rotatable bonds is 6. The highest BCUT2D eigenvalue weighted by Crippen LogP contribution is 2.27. The molecule has 0 aliphatic rings. The van der Waals surface area contributed by atoms with Gasteiger partial charge in [0.1, 0.15) is 4.92 Å². The molecule has 138 valence electrons. The number of aryl methyl sites for hydroxylation is 1. The molecule has 0 spiro atoms. The zero-order chi connectivity index (χ0) is 19.4. The Balaban J connectivity index is 1.86. The maximum Gasteiger partial charge on any atom is 0.433 e. The van der Waals surface area contributed by atoms with Gasteiger partial charge in [-0.15, -0.1) is 0 Å². The Morgan fingerprint density at radius 2 is 1.78 bits per heavy atom.